The molecule has 1 amide bonds. The SMILES string of the molecule is COc1ccc(-c2cn3c(CC(=O)NCC(C)c4ccccc4)csc3n2)cc1. The van der Waals surface area contributed by atoms with Crippen molar-refractivity contribution in [3.8, 4) is 17.0 Å². The number of hydrogen-bond donors (Lipinski definition) is 1. The number of rotatable bonds is 7. The summed E-state index contributed by atoms with van der Waals surface area (Å²) in [6.45, 7) is 2.74. The Balaban J connectivity index is 1.42. The maximum Gasteiger partial charge on any atom is 0.226 e. The number of methoxy groups -OCH3 is 1. The van der Waals surface area contributed by atoms with E-state index in [2.05, 4.69) is 29.4 Å². The molecule has 0 fully saturated rings. The second-order valence-electron chi connectivity index (χ2n) is 7.03. The molecule has 0 aliphatic carbocycles. The molecule has 4 aromatic rings. The van der Waals surface area contributed by atoms with Crippen LogP contribution in [0.25, 0.3) is 16.2 Å². The third kappa shape index (κ3) is 4.32. The molecule has 0 saturated carbocycles. The highest BCUT2D eigenvalue weighted by Gasteiger charge is 2.14. The third-order valence-electron chi connectivity index (χ3n) is 4.98. The summed E-state index contributed by atoms with van der Waals surface area (Å²) in [5.41, 5.74) is 4.08. The number of ether oxygens (including phenoxy) is 1. The molecule has 29 heavy (non-hydrogen) atoms. The van der Waals surface area contributed by atoms with Crippen molar-refractivity contribution in [1.82, 2.24) is 14.7 Å². The number of carbonyl (C=O) groups is 1. The molecule has 1 atom stereocenters. The summed E-state index contributed by atoms with van der Waals surface area (Å²) < 4.78 is 7.22. The fraction of sp³-hybridized carbons (Fsp3) is 0.217. The van der Waals surface area contributed by atoms with Gasteiger partial charge in [0, 0.05) is 29.4 Å². The molecule has 4 rings (SSSR count). The van der Waals surface area contributed by atoms with E-state index in [4.69, 9.17) is 4.74 Å². The minimum atomic E-state index is 0.0205. The van der Waals surface area contributed by atoms with Crippen LogP contribution in [0.2, 0.25) is 0 Å². The largest absolute Gasteiger partial charge is 0.497 e. The highest BCUT2D eigenvalue weighted by molar-refractivity contribution is 7.15. The van der Waals surface area contributed by atoms with E-state index in [1.165, 1.54) is 5.56 Å². The number of benzene rings is 2. The van der Waals surface area contributed by atoms with Crippen LogP contribution in [-0.2, 0) is 11.2 Å². The van der Waals surface area contributed by atoms with Crippen LogP contribution in [0, 0.1) is 0 Å². The van der Waals surface area contributed by atoms with E-state index in [1.807, 2.05) is 58.4 Å². The second-order valence-corrected chi connectivity index (χ2v) is 7.86. The lowest BCUT2D eigenvalue weighted by atomic mass is 10.0. The summed E-state index contributed by atoms with van der Waals surface area (Å²) in [5, 5.41) is 5.05. The molecule has 2 heterocycles. The van der Waals surface area contributed by atoms with Gasteiger partial charge in [0.05, 0.1) is 19.2 Å². The molecule has 148 valence electrons. The Morgan fingerprint density at radius 3 is 2.66 bits per heavy atom. The van der Waals surface area contributed by atoms with Crippen LogP contribution in [0.1, 0.15) is 24.1 Å². The Labute approximate surface area is 174 Å². The van der Waals surface area contributed by atoms with Gasteiger partial charge >= 0.3 is 0 Å². The van der Waals surface area contributed by atoms with Crippen LogP contribution in [0.5, 0.6) is 5.75 Å². The second kappa shape index (κ2) is 8.49. The maximum absolute atomic E-state index is 12.5. The zero-order chi connectivity index (χ0) is 20.2. The van der Waals surface area contributed by atoms with Gasteiger partial charge in [-0.1, -0.05) is 37.3 Å². The predicted octanol–water partition coefficient (Wildman–Crippen LogP) is 4.53. The average molecular weight is 406 g/mol. The highest BCUT2D eigenvalue weighted by Crippen LogP contribution is 2.25. The van der Waals surface area contributed by atoms with E-state index < -0.39 is 0 Å². The molecule has 0 bridgehead atoms. The molecule has 0 aliphatic heterocycles. The summed E-state index contributed by atoms with van der Waals surface area (Å²) in [5.74, 6) is 1.11. The normalized spacial score (nSPS) is 12.1. The molecule has 5 nitrogen and oxygen atoms in total. The lowest BCUT2D eigenvalue weighted by Crippen LogP contribution is -2.29. The van der Waals surface area contributed by atoms with Crippen molar-refractivity contribution in [2.75, 3.05) is 13.7 Å². The average Bonchev–Trinajstić information content (AvgIpc) is 3.35. The van der Waals surface area contributed by atoms with E-state index in [-0.39, 0.29) is 11.8 Å². The lowest BCUT2D eigenvalue weighted by Gasteiger charge is -2.12. The van der Waals surface area contributed by atoms with Crippen LogP contribution in [0.15, 0.2) is 66.2 Å². The monoisotopic (exact) mass is 405 g/mol. The minimum Gasteiger partial charge on any atom is -0.497 e. The Morgan fingerprint density at radius 2 is 1.93 bits per heavy atom. The first-order chi connectivity index (χ1) is 14.1. The summed E-state index contributed by atoms with van der Waals surface area (Å²) in [6, 6.07) is 18.0. The van der Waals surface area contributed by atoms with Gasteiger partial charge in [0.15, 0.2) is 4.96 Å². The molecule has 0 spiro atoms. The van der Waals surface area contributed by atoms with Crippen molar-refractivity contribution in [3.63, 3.8) is 0 Å². The summed E-state index contributed by atoms with van der Waals surface area (Å²) in [4.78, 5) is 18.1. The quantitative estimate of drug-likeness (QED) is 0.491. The molecule has 6 heteroatoms. The number of nitrogens with zero attached hydrogens (tertiary/aromatic N) is 2. The highest BCUT2D eigenvalue weighted by atomic mass is 32.1. The van der Waals surface area contributed by atoms with Crippen LogP contribution in [0.4, 0.5) is 0 Å². The van der Waals surface area contributed by atoms with Crippen molar-refractivity contribution < 1.29 is 9.53 Å². The van der Waals surface area contributed by atoms with Crippen molar-refractivity contribution in [1.29, 1.82) is 0 Å². The lowest BCUT2D eigenvalue weighted by molar-refractivity contribution is -0.120. The Hall–Kier alpha value is -3.12. The molecule has 0 saturated heterocycles. The van der Waals surface area contributed by atoms with Gasteiger partial charge < -0.3 is 10.1 Å². The first kappa shape index (κ1) is 19.2. The maximum atomic E-state index is 12.5. The number of imidazole rings is 1. The van der Waals surface area contributed by atoms with Gasteiger partial charge in [-0.25, -0.2) is 4.98 Å². The number of hydrogen-bond acceptors (Lipinski definition) is 4. The van der Waals surface area contributed by atoms with E-state index in [0.29, 0.717) is 13.0 Å². The fourth-order valence-corrected chi connectivity index (χ4v) is 4.12. The van der Waals surface area contributed by atoms with Crippen molar-refractivity contribution in [2.45, 2.75) is 19.3 Å². The standard InChI is InChI=1S/C23H23N3O2S/c1-16(17-6-4-3-5-7-17)13-24-22(27)12-19-15-29-23-25-21(14-26(19)23)18-8-10-20(28-2)11-9-18/h3-11,14-16H,12-13H2,1-2H3,(H,24,27). The van der Waals surface area contributed by atoms with Crippen LogP contribution in [0.3, 0.4) is 0 Å². The van der Waals surface area contributed by atoms with Gasteiger partial charge in [-0.2, -0.15) is 0 Å². The van der Waals surface area contributed by atoms with Crippen LogP contribution in [-0.4, -0.2) is 28.9 Å². The molecule has 0 aliphatic rings. The van der Waals surface area contributed by atoms with Crippen molar-refractivity contribution >= 4 is 22.2 Å². The van der Waals surface area contributed by atoms with Gasteiger partial charge in [0.25, 0.3) is 0 Å². The third-order valence-corrected chi connectivity index (χ3v) is 5.87. The van der Waals surface area contributed by atoms with Gasteiger partial charge in [-0.15, -0.1) is 11.3 Å². The van der Waals surface area contributed by atoms with Gasteiger partial charge in [0.1, 0.15) is 5.75 Å². The number of nitrogens with one attached hydrogen (secondary N) is 1. The Bertz CT molecular complexity index is 1100. The molecule has 0 radical (unpaired) electrons. The van der Waals surface area contributed by atoms with Gasteiger partial charge in [-0.05, 0) is 35.7 Å². The number of thiazole rings is 1. The van der Waals surface area contributed by atoms with Crippen LogP contribution >= 0.6 is 11.3 Å². The topological polar surface area (TPSA) is 55.6 Å². The predicted molar refractivity (Wildman–Crippen MR) is 117 cm³/mol. The minimum absolute atomic E-state index is 0.0205. The van der Waals surface area contributed by atoms with Gasteiger partial charge in [-0.3, -0.25) is 9.20 Å². The molecule has 1 unspecified atom stereocenters. The molecule has 2 aromatic heterocycles. The van der Waals surface area contributed by atoms with E-state index in [1.54, 1.807) is 18.4 Å². The fourth-order valence-electron chi connectivity index (χ4n) is 3.25. The Morgan fingerprint density at radius 1 is 1.17 bits per heavy atom. The molecule has 1 N–H and O–H groups in total. The first-order valence-electron chi connectivity index (χ1n) is 9.55. The zero-order valence-electron chi connectivity index (χ0n) is 16.5. The zero-order valence-corrected chi connectivity index (χ0v) is 17.3. The van der Waals surface area contributed by atoms with Crippen molar-refractivity contribution in [3.05, 3.63) is 77.4 Å². The molecular formula is C23H23N3O2S. The number of fused-ring (bicyclic) bond motifs is 1. The smallest absolute Gasteiger partial charge is 0.226 e. The van der Waals surface area contributed by atoms with Gasteiger partial charge in [0.2, 0.25) is 5.91 Å². The van der Waals surface area contributed by atoms with E-state index in [0.717, 1.165) is 27.7 Å². The number of carbonyl (C=O) groups excluding carboxylic acids is 1. The van der Waals surface area contributed by atoms with E-state index in [9.17, 15) is 4.79 Å². The first-order valence-corrected chi connectivity index (χ1v) is 10.4. The molecular weight excluding hydrogens is 382 g/mol. The summed E-state index contributed by atoms with van der Waals surface area (Å²) in [7, 11) is 1.65. The van der Waals surface area contributed by atoms with Crippen LogP contribution < -0.4 is 10.1 Å². The molecule has 2 aromatic carbocycles. The van der Waals surface area contributed by atoms with Crippen molar-refractivity contribution in [2.24, 2.45) is 0 Å². The summed E-state index contributed by atoms with van der Waals surface area (Å²) in [6.07, 6.45) is 2.32. The number of amides is 1. The summed E-state index contributed by atoms with van der Waals surface area (Å²) >= 11 is 1.55. The number of aromatic nitrogens is 2. The Kier molecular flexibility index (Phi) is 5.62. The van der Waals surface area contributed by atoms with E-state index >= 15 is 0 Å².